The molecule has 0 N–H and O–H groups in total. The normalized spacial score (nSPS) is 8.53. The van der Waals surface area contributed by atoms with Crippen molar-refractivity contribution in [3.05, 3.63) is 60.7 Å². The van der Waals surface area contributed by atoms with E-state index in [0.29, 0.717) is 0 Å². The molecule has 0 nitrogen and oxygen atoms in total. The molecule has 0 amide bonds. The third kappa shape index (κ3) is 5.18. The SMILES string of the molecule is Br.Br.c1cc[c]([Sn][c]2ccccc2)cc1. The molecule has 78 valence electrons. The summed E-state index contributed by atoms with van der Waals surface area (Å²) in [5, 5.41) is 0. The third-order valence-electron chi connectivity index (χ3n) is 1.84. The Hall–Kier alpha value is 0.199. The van der Waals surface area contributed by atoms with E-state index >= 15 is 0 Å². The summed E-state index contributed by atoms with van der Waals surface area (Å²) in [5.74, 6) is 0. The van der Waals surface area contributed by atoms with Crippen LogP contribution < -0.4 is 7.16 Å². The van der Waals surface area contributed by atoms with Crippen molar-refractivity contribution < 1.29 is 0 Å². The van der Waals surface area contributed by atoms with Crippen LogP contribution in [0, 0.1) is 0 Å². The van der Waals surface area contributed by atoms with Crippen LogP contribution in [0.3, 0.4) is 0 Å². The topological polar surface area (TPSA) is 0 Å². The monoisotopic (exact) mass is 434 g/mol. The fourth-order valence-electron chi connectivity index (χ4n) is 1.21. The molecule has 0 atom stereocenters. The summed E-state index contributed by atoms with van der Waals surface area (Å²) in [6, 6.07) is 21.6. The van der Waals surface area contributed by atoms with Gasteiger partial charge in [-0.15, -0.1) is 34.0 Å². The number of halogens is 2. The second-order valence-corrected chi connectivity index (χ2v) is 6.87. The van der Waals surface area contributed by atoms with Gasteiger partial charge in [-0.1, -0.05) is 0 Å². The van der Waals surface area contributed by atoms with E-state index in [2.05, 4.69) is 60.7 Å². The Morgan fingerprint density at radius 3 is 1.20 bits per heavy atom. The number of rotatable bonds is 2. The molecule has 2 aromatic carbocycles. The molecular formula is C12H12Br2Sn. The minimum absolute atomic E-state index is 0. The maximum absolute atomic E-state index is 2.24. The molecule has 0 aliphatic carbocycles. The predicted octanol–water partition coefficient (Wildman–Crippen LogP) is 2.50. The van der Waals surface area contributed by atoms with E-state index in [1.54, 1.807) is 0 Å². The van der Waals surface area contributed by atoms with Crippen molar-refractivity contribution in [1.82, 2.24) is 0 Å². The summed E-state index contributed by atoms with van der Waals surface area (Å²) in [6.45, 7) is 0. The van der Waals surface area contributed by atoms with Crippen molar-refractivity contribution in [3.8, 4) is 0 Å². The Labute approximate surface area is 122 Å². The van der Waals surface area contributed by atoms with Gasteiger partial charge in [0.05, 0.1) is 0 Å². The molecule has 3 heteroatoms. The number of hydrogen-bond donors (Lipinski definition) is 0. The summed E-state index contributed by atoms with van der Waals surface area (Å²) >= 11 is -0.517. The third-order valence-corrected chi connectivity index (χ3v) is 5.39. The van der Waals surface area contributed by atoms with Gasteiger partial charge in [-0.2, -0.15) is 0 Å². The van der Waals surface area contributed by atoms with Gasteiger partial charge in [-0.05, 0) is 0 Å². The Morgan fingerprint density at radius 1 is 0.533 bits per heavy atom. The molecule has 0 aromatic heterocycles. The molecule has 0 bridgehead atoms. The van der Waals surface area contributed by atoms with Gasteiger partial charge in [0.25, 0.3) is 0 Å². The predicted molar refractivity (Wildman–Crippen MR) is 78.6 cm³/mol. The van der Waals surface area contributed by atoms with Crippen molar-refractivity contribution in [1.29, 1.82) is 0 Å². The first-order chi connectivity index (χ1) is 6.45. The van der Waals surface area contributed by atoms with Gasteiger partial charge in [0.15, 0.2) is 0 Å². The van der Waals surface area contributed by atoms with Crippen molar-refractivity contribution in [2.24, 2.45) is 0 Å². The second kappa shape index (κ2) is 8.36. The first kappa shape index (κ1) is 15.2. The van der Waals surface area contributed by atoms with E-state index in [1.807, 2.05) is 0 Å². The summed E-state index contributed by atoms with van der Waals surface area (Å²) in [5.41, 5.74) is 0. The van der Waals surface area contributed by atoms with Gasteiger partial charge in [0.2, 0.25) is 0 Å². The van der Waals surface area contributed by atoms with Crippen LogP contribution in [-0.2, 0) is 0 Å². The quantitative estimate of drug-likeness (QED) is 0.637. The van der Waals surface area contributed by atoms with Crippen LogP contribution in [0.5, 0.6) is 0 Å². The van der Waals surface area contributed by atoms with Gasteiger partial charge in [0, 0.05) is 0 Å². The Kier molecular flexibility index (Phi) is 8.47. The molecule has 0 aliphatic heterocycles. The van der Waals surface area contributed by atoms with Crippen molar-refractivity contribution >= 4 is 62.3 Å². The first-order valence-corrected chi connectivity index (χ1v) is 7.18. The van der Waals surface area contributed by atoms with Crippen LogP contribution >= 0.6 is 34.0 Å². The Balaban J connectivity index is 0.000000980. The zero-order valence-corrected chi connectivity index (χ0v) is 14.4. The Morgan fingerprint density at radius 2 is 0.867 bits per heavy atom. The van der Waals surface area contributed by atoms with Crippen LogP contribution in [0.1, 0.15) is 0 Å². The summed E-state index contributed by atoms with van der Waals surface area (Å²) in [4.78, 5) is 0. The minimum atomic E-state index is -0.517. The summed E-state index contributed by atoms with van der Waals surface area (Å²) < 4.78 is 3.08. The van der Waals surface area contributed by atoms with Crippen molar-refractivity contribution in [3.63, 3.8) is 0 Å². The summed E-state index contributed by atoms with van der Waals surface area (Å²) in [6.07, 6.45) is 0. The molecule has 0 aliphatic rings. The average molecular weight is 435 g/mol. The van der Waals surface area contributed by atoms with E-state index in [1.165, 1.54) is 7.16 Å². The van der Waals surface area contributed by atoms with Crippen LogP contribution in [0.15, 0.2) is 60.7 Å². The van der Waals surface area contributed by atoms with Gasteiger partial charge in [0.1, 0.15) is 0 Å². The van der Waals surface area contributed by atoms with Crippen LogP contribution in [0.2, 0.25) is 0 Å². The number of hydrogen-bond acceptors (Lipinski definition) is 0. The van der Waals surface area contributed by atoms with E-state index in [9.17, 15) is 0 Å². The van der Waals surface area contributed by atoms with Crippen LogP contribution in [0.25, 0.3) is 0 Å². The van der Waals surface area contributed by atoms with Gasteiger partial charge < -0.3 is 0 Å². The van der Waals surface area contributed by atoms with E-state index in [-0.39, 0.29) is 34.0 Å². The molecule has 0 fully saturated rings. The molecular weight excluding hydrogens is 423 g/mol. The molecule has 15 heavy (non-hydrogen) atoms. The first-order valence-electron chi connectivity index (χ1n) is 4.32. The zero-order chi connectivity index (χ0) is 8.93. The second-order valence-electron chi connectivity index (χ2n) is 2.86. The fourth-order valence-corrected chi connectivity index (χ4v) is 4.21. The van der Waals surface area contributed by atoms with Gasteiger partial charge >= 0.3 is 89.0 Å². The molecule has 2 aromatic rings. The Bertz CT molecular complexity index is 324. The van der Waals surface area contributed by atoms with Crippen LogP contribution in [0.4, 0.5) is 0 Å². The molecule has 2 rings (SSSR count). The maximum atomic E-state index is 2.24. The zero-order valence-electron chi connectivity index (χ0n) is 8.09. The fraction of sp³-hybridized carbons (Fsp3) is 0. The average Bonchev–Trinajstić information content (AvgIpc) is 2.21. The molecule has 0 unspecified atom stereocenters. The van der Waals surface area contributed by atoms with E-state index < -0.39 is 21.1 Å². The van der Waals surface area contributed by atoms with E-state index in [4.69, 9.17) is 0 Å². The number of benzene rings is 2. The van der Waals surface area contributed by atoms with Crippen LogP contribution in [-0.4, -0.2) is 21.1 Å². The summed E-state index contributed by atoms with van der Waals surface area (Å²) in [7, 11) is 0. The molecule has 0 saturated heterocycles. The van der Waals surface area contributed by atoms with Crippen molar-refractivity contribution in [2.75, 3.05) is 0 Å². The molecule has 2 radical (unpaired) electrons. The van der Waals surface area contributed by atoms with Gasteiger partial charge in [-0.3, -0.25) is 0 Å². The van der Waals surface area contributed by atoms with Crippen molar-refractivity contribution in [2.45, 2.75) is 0 Å². The standard InChI is InChI=1S/2C6H5.2BrH.Sn/c2*1-2-4-6-5-3-1;;;/h2*1-5H;2*1H;. The van der Waals surface area contributed by atoms with Gasteiger partial charge in [-0.25, -0.2) is 0 Å². The molecule has 0 saturated carbocycles. The van der Waals surface area contributed by atoms with E-state index in [0.717, 1.165) is 0 Å². The molecule has 0 spiro atoms. The molecule has 0 heterocycles.